The number of piperidine rings is 2. The van der Waals surface area contributed by atoms with Gasteiger partial charge in [0.2, 0.25) is 11.8 Å². The molecule has 2 atom stereocenters. The first-order chi connectivity index (χ1) is 9.34. The van der Waals surface area contributed by atoms with Crippen molar-refractivity contribution in [3.63, 3.8) is 0 Å². The van der Waals surface area contributed by atoms with Crippen molar-refractivity contribution in [2.45, 2.75) is 32.7 Å². The molecule has 0 bridgehead atoms. The van der Waals surface area contributed by atoms with Gasteiger partial charge in [0.15, 0.2) is 0 Å². The molecule has 2 aliphatic heterocycles. The van der Waals surface area contributed by atoms with E-state index in [2.05, 4.69) is 4.90 Å². The van der Waals surface area contributed by atoms with Crippen molar-refractivity contribution in [1.29, 1.82) is 0 Å². The van der Waals surface area contributed by atoms with Gasteiger partial charge < -0.3 is 5.73 Å². The summed E-state index contributed by atoms with van der Waals surface area (Å²) in [6.45, 7) is 6.35. The van der Waals surface area contributed by atoms with E-state index in [4.69, 9.17) is 18.0 Å². The number of fused-ring (bicyclic) bond motifs is 1. The molecule has 3 fully saturated rings. The fraction of sp³-hybridized carbons (Fsp3) is 0.786. The lowest BCUT2D eigenvalue weighted by Gasteiger charge is -2.36. The summed E-state index contributed by atoms with van der Waals surface area (Å²) in [5.74, 6) is -0.0233. The summed E-state index contributed by atoms with van der Waals surface area (Å²) < 4.78 is 0. The van der Waals surface area contributed by atoms with Crippen LogP contribution in [0.4, 0.5) is 0 Å². The topological polar surface area (TPSA) is 66.6 Å². The molecular formula is C14H21N3O2S. The molecule has 2 heterocycles. The van der Waals surface area contributed by atoms with Crippen LogP contribution >= 0.6 is 12.2 Å². The SMILES string of the molecule is CC1(C)C2C(=O)N(C3CCN(CC(N)=S)CC3)C(=O)C21. The maximum Gasteiger partial charge on any atom is 0.233 e. The summed E-state index contributed by atoms with van der Waals surface area (Å²) in [6.07, 6.45) is 1.67. The average molecular weight is 295 g/mol. The van der Waals surface area contributed by atoms with E-state index < -0.39 is 0 Å². The third-order valence-electron chi connectivity index (χ3n) is 5.14. The molecule has 1 saturated carbocycles. The van der Waals surface area contributed by atoms with Crippen LogP contribution in [-0.2, 0) is 9.59 Å². The highest BCUT2D eigenvalue weighted by Gasteiger charge is 2.73. The zero-order chi connectivity index (χ0) is 14.7. The molecule has 3 aliphatic rings. The Hall–Kier alpha value is -1.01. The number of hydrogen-bond acceptors (Lipinski definition) is 4. The van der Waals surface area contributed by atoms with E-state index in [-0.39, 0.29) is 35.1 Å². The molecule has 0 aromatic heterocycles. The number of rotatable bonds is 3. The van der Waals surface area contributed by atoms with E-state index in [1.165, 1.54) is 0 Å². The summed E-state index contributed by atoms with van der Waals surface area (Å²) in [7, 11) is 0. The lowest BCUT2D eigenvalue weighted by molar-refractivity contribution is -0.146. The van der Waals surface area contributed by atoms with Crippen molar-refractivity contribution in [2.75, 3.05) is 19.6 Å². The van der Waals surface area contributed by atoms with Gasteiger partial charge in [0.25, 0.3) is 0 Å². The van der Waals surface area contributed by atoms with Crippen LogP contribution < -0.4 is 5.73 Å². The third kappa shape index (κ3) is 1.97. The van der Waals surface area contributed by atoms with E-state index in [1.807, 2.05) is 13.8 Å². The predicted molar refractivity (Wildman–Crippen MR) is 78.9 cm³/mol. The van der Waals surface area contributed by atoms with Gasteiger partial charge in [0, 0.05) is 25.7 Å². The second kappa shape index (κ2) is 4.49. The van der Waals surface area contributed by atoms with Crippen LogP contribution in [0.15, 0.2) is 0 Å². The molecule has 20 heavy (non-hydrogen) atoms. The number of nitrogens with zero attached hydrogens (tertiary/aromatic N) is 2. The van der Waals surface area contributed by atoms with Crippen molar-refractivity contribution in [2.24, 2.45) is 23.0 Å². The second-order valence-electron chi connectivity index (χ2n) is 6.80. The highest BCUT2D eigenvalue weighted by molar-refractivity contribution is 7.80. The Bertz CT molecular complexity index is 459. The molecule has 0 aromatic carbocycles. The Balaban J connectivity index is 1.62. The number of likely N-dealkylation sites (tertiary alicyclic amines) is 2. The van der Waals surface area contributed by atoms with Crippen LogP contribution in [0.5, 0.6) is 0 Å². The van der Waals surface area contributed by atoms with Crippen LogP contribution in [0.2, 0.25) is 0 Å². The van der Waals surface area contributed by atoms with Gasteiger partial charge in [-0.1, -0.05) is 26.1 Å². The van der Waals surface area contributed by atoms with E-state index in [0.29, 0.717) is 11.5 Å². The summed E-state index contributed by atoms with van der Waals surface area (Å²) in [5, 5.41) is 0. The molecule has 0 aromatic rings. The number of amides is 2. The molecule has 1 aliphatic carbocycles. The van der Waals surface area contributed by atoms with Crippen molar-refractivity contribution < 1.29 is 9.59 Å². The standard InChI is InChI=1S/C14H21N3O2S/c1-14(2)10-11(14)13(19)17(12(10)18)8-3-5-16(6-4-8)7-9(15)20/h8,10-11H,3-7H2,1-2H3,(H2,15,20). The van der Waals surface area contributed by atoms with E-state index in [1.54, 1.807) is 4.90 Å². The average Bonchev–Trinajstić information content (AvgIpc) is 2.81. The Morgan fingerprint density at radius 3 is 2.20 bits per heavy atom. The Labute approximate surface area is 124 Å². The molecular weight excluding hydrogens is 274 g/mol. The Kier molecular flexibility index (Phi) is 3.14. The van der Waals surface area contributed by atoms with Crippen molar-refractivity contribution in [3.05, 3.63) is 0 Å². The largest absolute Gasteiger partial charge is 0.392 e. The van der Waals surface area contributed by atoms with Gasteiger partial charge in [-0.3, -0.25) is 19.4 Å². The lowest BCUT2D eigenvalue weighted by Crippen LogP contribution is -2.50. The first-order valence-corrected chi connectivity index (χ1v) is 7.62. The number of thiocarbonyl (C=S) groups is 1. The number of hydrogen-bond donors (Lipinski definition) is 1. The van der Waals surface area contributed by atoms with Gasteiger partial charge in [-0.2, -0.15) is 0 Å². The molecule has 2 amide bonds. The molecule has 2 unspecified atom stereocenters. The maximum absolute atomic E-state index is 12.4. The minimum absolute atomic E-state index is 0.0535. The zero-order valence-corrected chi connectivity index (χ0v) is 12.8. The third-order valence-corrected chi connectivity index (χ3v) is 5.27. The van der Waals surface area contributed by atoms with Gasteiger partial charge in [0.1, 0.15) is 0 Å². The highest BCUT2D eigenvalue weighted by atomic mass is 32.1. The fourth-order valence-electron chi connectivity index (χ4n) is 3.88. The van der Waals surface area contributed by atoms with Gasteiger partial charge in [-0.05, 0) is 18.3 Å². The van der Waals surface area contributed by atoms with E-state index in [9.17, 15) is 9.59 Å². The highest BCUT2D eigenvalue weighted by Crippen LogP contribution is 2.63. The Morgan fingerprint density at radius 2 is 1.75 bits per heavy atom. The number of carbonyl (C=O) groups excluding carboxylic acids is 2. The van der Waals surface area contributed by atoms with Gasteiger partial charge in [0.05, 0.1) is 16.8 Å². The number of carbonyl (C=O) groups is 2. The normalized spacial score (nSPS) is 33.4. The first-order valence-electron chi connectivity index (χ1n) is 7.21. The summed E-state index contributed by atoms with van der Waals surface area (Å²) in [6, 6.07) is 0.0706. The van der Waals surface area contributed by atoms with E-state index >= 15 is 0 Å². The number of nitrogens with two attached hydrogens (primary N) is 1. The quantitative estimate of drug-likeness (QED) is 0.602. The molecule has 110 valence electrons. The van der Waals surface area contributed by atoms with Crippen molar-refractivity contribution in [3.8, 4) is 0 Å². The molecule has 2 saturated heterocycles. The number of imide groups is 1. The van der Waals surface area contributed by atoms with Gasteiger partial charge in [-0.15, -0.1) is 0 Å². The second-order valence-corrected chi connectivity index (χ2v) is 7.32. The summed E-state index contributed by atoms with van der Waals surface area (Å²) in [4.78, 5) is 29.0. The zero-order valence-electron chi connectivity index (χ0n) is 12.0. The fourth-order valence-corrected chi connectivity index (χ4v) is 4.07. The van der Waals surface area contributed by atoms with Crippen LogP contribution in [0.3, 0.4) is 0 Å². The smallest absolute Gasteiger partial charge is 0.233 e. The summed E-state index contributed by atoms with van der Waals surface area (Å²) in [5.41, 5.74) is 5.44. The van der Waals surface area contributed by atoms with Crippen molar-refractivity contribution in [1.82, 2.24) is 9.80 Å². The van der Waals surface area contributed by atoms with Gasteiger partial charge in [-0.25, -0.2) is 0 Å². The van der Waals surface area contributed by atoms with Crippen LogP contribution in [-0.4, -0.2) is 52.3 Å². The monoisotopic (exact) mass is 295 g/mol. The van der Waals surface area contributed by atoms with Gasteiger partial charge >= 0.3 is 0 Å². The predicted octanol–water partition coefficient (Wildman–Crippen LogP) is 0.378. The molecule has 5 nitrogen and oxygen atoms in total. The Morgan fingerprint density at radius 1 is 1.25 bits per heavy atom. The molecule has 6 heteroatoms. The first kappa shape index (κ1) is 13.9. The van der Waals surface area contributed by atoms with Crippen LogP contribution in [0.25, 0.3) is 0 Å². The molecule has 3 rings (SSSR count). The lowest BCUT2D eigenvalue weighted by atomic mass is 9.99. The maximum atomic E-state index is 12.4. The van der Waals surface area contributed by atoms with Crippen LogP contribution in [0.1, 0.15) is 26.7 Å². The van der Waals surface area contributed by atoms with Crippen LogP contribution in [0, 0.1) is 17.3 Å². The summed E-state index contributed by atoms with van der Waals surface area (Å²) >= 11 is 4.91. The minimum Gasteiger partial charge on any atom is -0.392 e. The minimum atomic E-state index is -0.114. The molecule has 0 radical (unpaired) electrons. The molecule has 0 spiro atoms. The van der Waals surface area contributed by atoms with E-state index in [0.717, 1.165) is 25.9 Å². The molecule has 2 N–H and O–H groups in total. The van der Waals surface area contributed by atoms with Crippen molar-refractivity contribution >= 4 is 29.0 Å².